The summed E-state index contributed by atoms with van der Waals surface area (Å²) in [6.45, 7) is 0. The normalized spacial score (nSPS) is 10.7. The van der Waals surface area contributed by atoms with Gasteiger partial charge >= 0.3 is 0 Å². The molecule has 6 nitrogen and oxygen atoms in total. The molecule has 146 valence electrons. The lowest BCUT2D eigenvalue weighted by Crippen LogP contribution is -2.15. The molecule has 0 unspecified atom stereocenters. The van der Waals surface area contributed by atoms with Crippen LogP contribution in [0.25, 0.3) is 21.5 Å². The SMILES string of the molecule is COc1ccc(-c2nc(CC(=O)Nc3cccc4cccnc34)cs2)cc1OC. The minimum atomic E-state index is -0.132. The van der Waals surface area contributed by atoms with Gasteiger partial charge in [-0.1, -0.05) is 18.2 Å². The number of ether oxygens (including phenoxy) is 2. The molecule has 4 rings (SSSR count). The van der Waals surface area contributed by atoms with Crippen LogP contribution in [-0.2, 0) is 11.2 Å². The van der Waals surface area contributed by atoms with Gasteiger partial charge in [0.05, 0.1) is 37.5 Å². The van der Waals surface area contributed by atoms with E-state index in [1.165, 1.54) is 11.3 Å². The molecule has 0 aliphatic heterocycles. The fourth-order valence-electron chi connectivity index (χ4n) is 3.05. The van der Waals surface area contributed by atoms with Crippen LogP contribution >= 0.6 is 11.3 Å². The summed E-state index contributed by atoms with van der Waals surface area (Å²) < 4.78 is 10.6. The average molecular weight is 405 g/mol. The first kappa shape index (κ1) is 18.9. The quantitative estimate of drug-likeness (QED) is 0.509. The number of fused-ring (bicyclic) bond motifs is 1. The summed E-state index contributed by atoms with van der Waals surface area (Å²) >= 11 is 1.49. The number of anilines is 1. The van der Waals surface area contributed by atoms with Gasteiger partial charge in [-0.25, -0.2) is 4.98 Å². The molecule has 2 aromatic carbocycles. The molecule has 0 radical (unpaired) electrons. The third-order valence-electron chi connectivity index (χ3n) is 4.43. The Balaban J connectivity index is 1.50. The first-order valence-corrected chi connectivity index (χ1v) is 9.86. The maximum atomic E-state index is 12.5. The second kappa shape index (κ2) is 8.28. The number of carbonyl (C=O) groups excluding carboxylic acids is 1. The van der Waals surface area contributed by atoms with Gasteiger partial charge in [-0.15, -0.1) is 11.3 Å². The van der Waals surface area contributed by atoms with Crippen molar-refractivity contribution in [3.05, 3.63) is 65.8 Å². The van der Waals surface area contributed by atoms with Crippen molar-refractivity contribution in [2.45, 2.75) is 6.42 Å². The number of nitrogens with zero attached hydrogens (tertiary/aromatic N) is 2. The molecule has 0 saturated heterocycles. The van der Waals surface area contributed by atoms with E-state index in [0.29, 0.717) is 22.9 Å². The highest BCUT2D eigenvalue weighted by Crippen LogP contribution is 2.33. The standard InChI is InChI=1S/C22H19N3O3S/c1-27-18-9-8-15(11-19(18)28-2)22-24-16(13-29-22)12-20(26)25-17-7-3-5-14-6-4-10-23-21(14)17/h3-11,13H,12H2,1-2H3,(H,25,26). The largest absolute Gasteiger partial charge is 0.493 e. The van der Waals surface area contributed by atoms with Gasteiger partial charge in [0.15, 0.2) is 11.5 Å². The van der Waals surface area contributed by atoms with Gasteiger partial charge in [0.1, 0.15) is 5.01 Å². The summed E-state index contributed by atoms with van der Waals surface area (Å²) in [6.07, 6.45) is 1.90. The fraction of sp³-hybridized carbons (Fsp3) is 0.136. The van der Waals surface area contributed by atoms with Gasteiger partial charge in [0.25, 0.3) is 0 Å². The highest BCUT2D eigenvalue weighted by atomic mass is 32.1. The second-order valence-corrected chi connectivity index (χ2v) is 7.18. The summed E-state index contributed by atoms with van der Waals surface area (Å²) in [5, 5.41) is 6.64. The maximum absolute atomic E-state index is 12.5. The zero-order valence-corrected chi connectivity index (χ0v) is 16.8. The Kier molecular flexibility index (Phi) is 5.39. The molecule has 0 atom stereocenters. The van der Waals surface area contributed by atoms with Gasteiger partial charge in [-0.2, -0.15) is 0 Å². The highest BCUT2D eigenvalue weighted by molar-refractivity contribution is 7.13. The number of rotatable bonds is 6. The van der Waals surface area contributed by atoms with Crippen molar-refractivity contribution in [1.29, 1.82) is 0 Å². The molecule has 0 saturated carbocycles. The molecule has 2 aromatic heterocycles. The van der Waals surface area contributed by atoms with E-state index in [-0.39, 0.29) is 12.3 Å². The number of pyridine rings is 1. The number of methoxy groups -OCH3 is 2. The highest BCUT2D eigenvalue weighted by Gasteiger charge is 2.13. The monoisotopic (exact) mass is 405 g/mol. The van der Waals surface area contributed by atoms with Crippen LogP contribution in [0.5, 0.6) is 11.5 Å². The smallest absolute Gasteiger partial charge is 0.230 e. The number of carbonyl (C=O) groups is 1. The van der Waals surface area contributed by atoms with E-state index in [2.05, 4.69) is 15.3 Å². The van der Waals surface area contributed by atoms with Gasteiger partial charge in [0, 0.05) is 22.5 Å². The van der Waals surface area contributed by atoms with Crippen molar-refractivity contribution in [2.75, 3.05) is 19.5 Å². The summed E-state index contributed by atoms with van der Waals surface area (Å²) in [5.41, 5.74) is 3.10. The van der Waals surface area contributed by atoms with Crippen LogP contribution in [0.2, 0.25) is 0 Å². The number of para-hydroxylation sites is 1. The van der Waals surface area contributed by atoms with Crippen LogP contribution in [0.3, 0.4) is 0 Å². The Morgan fingerprint density at radius 1 is 1.07 bits per heavy atom. The molecule has 1 amide bonds. The predicted molar refractivity (Wildman–Crippen MR) is 115 cm³/mol. The Hall–Kier alpha value is -3.45. The van der Waals surface area contributed by atoms with E-state index in [1.54, 1.807) is 20.4 Å². The summed E-state index contributed by atoms with van der Waals surface area (Å²) in [7, 11) is 3.20. The molecular weight excluding hydrogens is 386 g/mol. The molecule has 0 bridgehead atoms. The summed E-state index contributed by atoms with van der Waals surface area (Å²) in [5.74, 6) is 1.17. The molecule has 0 spiro atoms. The lowest BCUT2D eigenvalue weighted by molar-refractivity contribution is -0.115. The van der Waals surface area contributed by atoms with E-state index in [9.17, 15) is 4.79 Å². The van der Waals surface area contributed by atoms with Crippen molar-refractivity contribution in [1.82, 2.24) is 9.97 Å². The molecule has 0 fully saturated rings. The minimum absolute atomic E-state index is 0.132. The van der Waals surface area contributed by atoms with Gasteiger partial charge < -0.3 is 14.8 Å². The zero-order chi connectivity index (χ0) is 20.2. The Bertz CT molecular complexity index is 1170. The first-order chi connectivity index (χ1) is 14.2. The van der Waals surface area contributed by atoms with Crippen LogP contribution in [-0.4, -0.2) is 30.1 Å². The average Bonchev–Trinajstić information content (AvgIpc) is 3.21. The Morgan fingerprint density at radius 3 is 2.72 bits per heavy atom. The molecule has 4 aromatic rings. The number of hydrogen-bond donors (Lipinski definition) is 1. The van der Waals surface area contributed by atoms with Crippen molar-refractivity contribution in [3.8, 4) is 22.1 Å². The lowest BCUT2D eigenvalue weighted by Gasteiger charge is -2.08. The van der Waals surface area contributed by atoms with Crippen LogP contribution < -0.4 is 14.8 Å². The number of nitrogens with one attached hydrogen (secondary N) is 1. The minimum Gasteiger partial charge on any atom is -0.493 e. The number of thiazole rings is 1. The van der Waals surface area contributed by atoms with Crippen molar-refractivity contribution < 1.29 is 14.3 Å². The second-order valence-electron chi connectivity index (χ2n) is 6.32. The van der Waals surface area contributed by atoms with Gasteiger partial charge in [0.2, 0.25) is 5.91 Å². The van der Waals surface area contributed by atoms with Gasteiger partial charge in [-0.05, 0) is 30.3 Å². The molecule has 7 heteroatoms. The Labute approximate surface area is 172 Å². The zero-order valence-electron chi connectivity index (χ0n) is 16.0. The third-order valence-corrected chi connectivity index (χ3v) is 5.37. The first-order valence-electron chi connectivity index (χ1n) is 8.98. The molecule has 1 N–H and O–H groups in total. The molecule has 0 aliphatic rings. The maximum Gasteiger partial charge on any atom is 0.230 e. The fourth-order valence-corrected chi connectivity index (χ4v) is 3.87. The van der Waals surface area contributed by atoms with Crippen LogP contribution in [0.4, 0.5) is 5.69 Å². The van der Waals surface area contributed by atoms with E-state index in [1.807, 2.05) is 53.9 Å². The van der Waals surface area contributed by atoms with E-state index >= 15 is 0 Å². The Morgan fingerprint density at radius 2 is 1.90 bits per heavy atom. The lowest BCUT2D eigenvalue weighted by atomic mass is 10.2. The molecule has 29 heavy (non-hydrogen) atoms. The van der Waals surface area contributed by atoms with Crippen LogP contribution in [0.15, 0.2) is 60.1 Å². The molecule has 2 heterocycles. The van der Waals surface area contributed by atoms with E-state index in [0.717, 1.165) is 21.5 Å². The number of aromatic nitrogens is 2. The molecular formula is C22H19N3O3S. The van der Waals surface area contributed by atoms with Crippen LogP contribution in [0.1, 0.15) is 5.69 Å². The van der Waals surface area contributed by atoms with E-state index in [4.69, 9.17) is 9.47 Å². The predicted octanol–water partition coefficient (Wildman–Crippen LogP) is 4.56. The number of benzene rings is 2. The van der Waals surface area contributed by atoms with E-state index < -0.39 is 0 Å². The number of hydrogen-bond acceptors (Lipinski definition) is 6. The summed E-state index contributed by atoms with van der Waals surface area (Å²) in [4.78, 5) is 21.5. The van der Waals surface area contributed by atoms with Crippen molar-refractivity contribution >= 4 is 33.8 Å². The van der Waals surface area contributed by atoms with Gasteiger partial charge in [-0.3, -0.25) is 9.78 Å². The topological polar surface area (TPSA) is 73.3 Å². The van der Waals surface area contributed by atoms with Crippen LogP contribution in [0, 0.1) is 0 Å². The van der Waals surface area contributed by atoms with Crippen molar-refractivity contribution in [3.63, 3.8) is 0 Å². The number of amides is 1. The molecule has 0 aliphatic carbocycles. The van der Waals surface area contributed by atoms with Crippen molar-refractivity contribution in [2.24, 2.45) is 0 Å². The summed E-state index contributed by atoms with van der Waals surface area (Å²) in [6, 6.07) is 15.2. The third kappa shape index (κ3) is 4.05.